The van der Waals surface area contributed by atoms with Gasteiger partial charge in [-0.1, -0.05) is 12.8 Å². The zero-order valence-electron chi connectivity index (χ0n) is 12.0. The molecular formula is C14H27N3OS. The van der Waals surface area contributed by atoms with Crippen LogP contribution in [0.1, 0.15) is 32.1 Å². The number of rotatable bonds is 5. The van der Waals surface area contributed by atoms with Crippen molar-refractivity contribution in [1.29, 1.82) is 0 Å². The maximum Gasteiger partial charge on any atom is 0.239 e. The Bertz CT molecular complexity index is 286. The van der Waals surface area contributed by atoms with E-state index in [9.17, 15) is 4.79 Å². The molecule has 110 valence electrons. The van der Waals surface area contributed by atoms with E-state index in [2.05, 4.69) is 11.2 Å². The zero-order chi connectivity index (χ0) is 13.7. The van der Waals surface area contributed by atoms with Crippen molar-refractivity contribution in [2.75, 3.05) is 38.2 Å². The van der Waals surface area contributed by atoms with Gasteiger partial charge in [-0.25, -0.2) is 0 Å². The number of hydrogen-bond donors (Lipinski definition) is 1. The molecule has 0 aromatic heterocycles. The van der Waals surface area contributed by atoms with Gasteiger partial charge in [0.25, 0.3) is 0 Å². The van der Waals surface area contributed by atoms with Gasteiger partial charge in [-0.15, -0.1) is 0 Å². The fraction of sp³-hybridized carbons (Fsp3) is 0.929. The number of hydrogen-bond acceptors (Lipinski definition) is 4. The summed E-state index contributed by atoms with van der Waals surface area (Å²) in [6.45, 7) is 3.79. The van der Waals surface area contributed by atoms with Gasteiger partial charge in [0.05, 0.1) is 6.04 Å². The minimum Gasteiger partial charge on any atom is -0.339 e. The Morgan fingerprint density at radius 2 is 1.89 bits per heavy atom. The molecular weight excluding hydrogens is 258 g/mol. The largest absolute Gasteiger partial charge is 0.339 e. The van der Waals surface area contributed by atoms with Crippen LogP contribution in [0.4, 0.5) is 0 Å². The highest BCUT2D eigenvalue weighted by Crippen LogP contribution is 2.24. The predicted molar refractivity (Wildman–Crippen MR) is 81.4 cm³/mol. The minimum atomic E-state index is -0.300. The molecule has 0 bridgehead atoms. The SMILES string of the molecule is CSCC[C@@H](N)C(=O)N1CCN(C2CCCC2)CC1. The number of thioether (sulfide) groups is 1. The van der Waals surface area contributed by atoms with Crippen molar-refractivity contribution in [1.82, 2.24) is 9.80 Å². The Hall–Kier alpha value is -0.260. The van der Waals surface area contributed by atoms with Crippen molar-refractivity contribution in [2.45, 2.75) is 44.2 Å². The van der Waals surface area contributed by atoms with Gasteiger partial charge in [-0.3, -0.25) is 9.69 Å². The molecule has 0 radical (unpaired) electrons. The monoisotopic (exact) mass is 285 g/mol. The van der Waals surface area contributed by atoms with E-state index in [1.54, 1.807) is 11.8 Å². The molecule has 2 N–H and O–H groups in total. The third kappa shape index (κ3) is 4.10. The molecule has 1 amide bonds. The van der Waals surface area contributed by atoms with Crippen molar-refractivity contribution in [3.63, 3.8) is 0 Å². The quantitative estimate of drug-likeness (QED) is 0.823. The van der Waals surface area contributed by atoms with Crippen molar-refractivity contribution in [3.8, 4) is 0 Å². The summed E-state index contributed by atoms with van der Waals surface area (Å²) in [6.07, 6.45) is 8.30. The molecule has 19 heavy (non-hydrogen) atoms. The number of amides is 1. The average Bonchev–Trinajstić information content (AvgIpc) is 2.98. The van der Waals surface area contributed by atoms with Crippen LogP contribution in [-0.2, 0) is 4.79 Å². The molecule has 1 heterocycles. The summed E-state index contributed by atoms with van der Waals surface area (Å²) in [7, 11) is 0. The standard InChI is InChI=1S/C14H27N3OS/c1-19-11-6-13(15)14(18)17-9-7-16(8-10-17)12-4-2-3-5-12/h12-13H,2-11,15H2,1H3/t13-/m1/s1. The number of nitrogens with zero attached hydrogens (tertiary/aromatic N) is 2. The van der Waals surface area contributed by atoms with Crippen molar-refractivity contribution < 1.29 is 4.79 Å². The average molecular weight is 285 g/mol. The van der Waals surface area contributed by atoms with Gasteiger partial charge in [-0.05, 0) is 31.3 Å². The second-order valence-corrected chi connectivity index (χ2v) is 6.67. The number of nitrogens with two attached hydrogens (primary N) is 1. The predicted octanol–water partition coefficient (Wildman–Crippen LogP) is 1.15. The third-order valence-electron chi connectivity index (χ3n) is 4.42. The topological polar surface area (TPSA) is 49.6 Å². The lowest BCUT2D eigenvalue weighted by atomic mass is 10.1. The normalized spacial score (nSPS) is 23.8. The second kappa shape index (κ2) is 7.50. The summed E-state index contributed by atoms with van der Waals surface area (Å²) in [4.78, 5) is 16.7. The maximum atomic E-state index is 12.2. The molecule has 2 rings (SSSR count). The van der Waals surface area contributed by atoms with Crippen molar-refractivity contribution >= 4 is 17.7 Å². The number of carbonyl (C=O) groups is 1. The molecule has 0 aromatic rings. The number of piperazine rings is 1. The Morgan fingerprint density at radius 3 is 2.47 bits per heavy atom. The molecule has 2 fully saturated rings. The molecule has 4 nitrogen and oxygen atoms in total. The molecule has 1 aliphatic carbocycles. The molecule has 2 aliphatic rings. The van der Waals surface area contributed by atoms with E-state index in [1.807, 2.05) is 4.90 Å². The fourth-order valence-electron chi connectivity index (χ4n) is 3.18. The van der Waals surface area contributed by atoms with E-state index >= 15 is 0 Å². The van der Waals surface area contributed by atoms with Gasteiger partial charge >= 0.3 is 0 Å². The Kier molecular flexibility index (Phi) is 5.98. The van der Waals surface area contributed by atoms with E-state index in [0.29, 0.717) is 0 Å². The van der Waals surface area contributed by atoms with Gasteiger partial charge in [0.2, 0.25) is 5.91 Å². The summed E-state index contributed by atoms with van der Waals surface area (Å²) < 4.78 is 0. The van der Waals surface area contributed by atoms with Crippen LogP contribution in [-0.4, -0.2) is 66.0 Å². The molecule has 1 saturated carbocycles. The first-order valence-electron chi connectivity index (χ1n) is 7.49. The lowest BCUT2D eigenvalue weighted by Crippen LogP contribution is -2.54. The molecule has 0 spiro atoms. The second-order valence-electron chi connectivity index (χ2n) is 5.69. The molecule has 0 unspecified atom stereocenters. The van der Waals surface area contributed by atoms with Gasteiger partial charge in [0, 0.05) is 32.2 Å². The van der Waals surface area contributed by atoms with Gasteiger partial charge < -0.3 is 10.6 Å². The molecule has 5 heteroatoms. The van der Waals surface area contributed by atoms with Crippen LogP contribution in [0.2, 0.25) is 0 Å². The van der Waals surface area contributed by atoms with Gasteiger partial charge in [-0.2, -0.15) is 11.8 Å². The Balaban J connectivity index is 1.74. The van der Waals surface area contributed by atoms with Gasteiger partial charge in [0.15, 0.2) is 0 Å². The lowest BCUT2D eigenvalue weighted by molar-refractivity contribution is -0.134. The van der Waals surface area contributed by atoms with Crippen molar-refractivity contribution in [2.24, 2.45) is 5.73 Å². The molecule has 1 atom stereocenters. The summed E-state index contributed by atoms with van der Waals surface area (Å²) in [5, 5.41) is 0. The highest BCUT2D eigenvalue weighted by molar-refractivity contribution is 7.98. The highest BCUT2D eigenvalue weighted by atomic mass is 32.2. The van der Waals surface area contributed by atoms with Crippen LogP contribution in [0.3, 0.4) is 0 Å². The van der Waals surface area contributed by atoms with Crippen LogP contribution < -0.4 is 5.73 Å². The molecule has 1 aliphatic heterocycles. The Labute approximate surface area is 121 Å². The molecule has 1 saturated heterocycles. The first kappa shape index (κ1) is 15.1. The van der Waals surface area contributed by atoms with E-state index < -0.39 is 0 Å². The summed E-state index contributed by atoms with van der Waals surface area (Å²) in [6, 6.07) is 0.480. The lowest BCUT2D eigenvalue weighted by Gasteiger charge is -2.38. The van der Waals surface area contributed by atoms with Crippen LogP contribution >= 0.6 is 11.8 Å². The smallest absolute Gasteiger partial charge is 0.239 e. The van der Waals surface area contributed by atoms with Crippen LogP contribution in [0.5, 0.6) is 0 Å². The maximum absolute atomic E-state index is 12.2. The van der Waals surface area contributed by atoms with Crippen LogP contribution in [0.25, 0.3) is 0 Å². The summed E-state index contributed by atoms with van der Waals surface area (Å²) in [5.74, 6) is 1.12. The zero-order valence-corrected chi connectivity index (χ0v) is 12.8. The minimum absolute atomic E-state index is 0.153. The van der Waals surface area contributed by atoms with Gasteiger partial charge in [0.1, 0.15) is 0 Å². The van der Waals surface area contributed by atoms with E-state index in [4.69, 9.17) is 5.73 Å². The van der Waals surface area contributed by atoms with E-state index in [-0.39, 0.29) is 11.9 Å². The number of carbonyl (C=O) groups excluding carboxylic acids is 1. The van der Waals surface area contributed by atoms with E-state index in [1.165, 1.54) is 25.7 Å². The van der Waals surface area contributed by atoms with Crippen LogP contribution in [0.15, 0.2) is 0 Å². The van der Waals surface area contributed by atoms with Crippen LogP contribution in [0, 0.1) is 0 Å². The molecule has 0 aromatic carbocycles. The first-order valence-corrected chi connectivity index (χ1v) is 8.89. The summed E-state index contributed by atoms with van der Waals surface area (Å²) >= 11 is 1.75. The Morgan fingerprint density at radius 1 is 1.26 bits per heavy atom. The summed E-state index contributed by atoms with van der Waals surface area (Å²) in [5.41, 5.74) is 5.97. The fourth-order valence-corrected chi connectivity index (χ4v) is 3.67. The third-order valence-corrected chi connectivity index (χ3v) is 5.06. The highest BCUT2D eigenvalue weighted by Gasteiger charge is 2.29. The van der Waals surface area contributed by atoms with E-state index in [0.717, 1.165) is 44.4 Å². The first-order chi connectivity index (χ1) is 9.22. The van der Waals surface area contributed by atoms with Crippen molar-refractivity contribution in [3.05, 3.63) is 0 Å².